The Labute approximate surface area is 123 Å². The van der Waals surface area contributed by atoms with Crippen LogP contribution in [-0.4, -0.2) is 36.0 Å². The Morgan fingerprint density at radius 2 is 2.20 bits per heavy atom. The molecule has 3 nitrogen and oxygen atoms in total. The largest absolute Gasteiger partial charge is 0.334 e. The molecule has 0 spiro atoms. The fourth-order valence-electron chi connectivity index (χ4n) is 2.76. The first-order chi connectivity index (χ1) is 9.66. The van der Waals surface area contributed by atoms with Gasteiger partial charge in [-0.05, 0) is 44.4 Å². The number of benzene rings is 1. The Kier molecular flexibility index (Phi) is 3.94. The molecule has 2 fully saturated rings. The average molecular weight is 297 g/mol. The van der Waals surface area contributed by atoms with Crippen molar-refractivity contribution in [2.45, 2.75) is 37.8 Å². The van der Waals surface area contributed by atoms with Gasteiger partial charge in [-0.15, -0.1) is 0 Å². The molecule has 0 aromatic heterocycles. The van der Waals surface area contributed by atoms with E-state index in [4.69, 9.17) is 11.6 Å². The molecule has 1 aliphatic carbocycles. The van der Waals surface area contributed by atoms with E-state index >= 15 is 0 Å². The highest BCUT2D eigenvalue weighted by atomic mass is 35.5. The number of carbonyl (C=O) groups is 1. The van der Waals surface area contributed by atoms with E-state index in [1.165, 1.54) is 12.1 Å². The third kappa shape index (κ3) is 2.81. The van der Waals surface area contributed by atoms with Gasteiger partial charge in [0.15, 0.2) is 0 Å². The summed E-state index contributed by atoms with van der Waals surface area (Å²) < 4.78 is 13.5. The maximum absolute atomic E-state index is 13.5. The molecule has 1 saturated carbocycles. The number of nitrogens with zero attached hydrogens (tertiary/aromatic N) is 1. The molecule has 5 heteroatoms. The lowest BCUT2D eigenvalue weighted by molar-refractivity contribution is 0.0728. The van der Waals surface area contributed by atoms with Crippen molar-refractivity contribution < 1.29 is 9.18 Å². The maximum atomic E-state index is 13.5. The van der Waals surface area contributed by atoms with Crippen LogP contribution in [0.5, 0.6) is 0 Å². The van der Waals surface area contributed by atoms with Gasteiger partial charge in [0, 0.05) is 18.6 Å². The van der Waals surface area contributed by atoms with E-state index < -0.39 is 5.82 Å². The molecule has 1 aromatic rings. The summed E-state index contributed by atoms with van der Waals surface area (Å²) in [6.45, 7) is 1.70. The van der Waals surface area contributed by atoms with Crippen LogP contribution >= 0.6 is 11.6 Å². The predicted octanol–water partition coefficient (Wildman–Crippen LogP) is 2.84. The first-order valence-electron chi connectivity index (χ1n) is 7.15. The predicted molar refractivity (Wildman–Crippen MR) is 76.5 cm³/mol. The molecule has 0 radical (unpaired) electrons. The fourth-order valence-corrected chi connectivity index (χ4v) is 2.96. The highest BCUT2D eigenvalue weighted by Crippen LogP contribution is 2.31. The Bertz CT molecular complexity index is 513. The number of nitrogens with one attached hydrogen (secondary N) is 1. The highest BCUT2D eigenvalue weighted by Gasteiger charge is 2.35. The summed E-state index contributed by atoms with van der Waals surface area (Å²) in [4.78, 5) is 14.5. The number of amides is 1. The van der Waals surface area contributed by atoms with Crippen LogP contribution in [0.3, 0.4) is 0 Å². The van der Waals surface area contributed by atoms with Gasteiger partial charge in [-0.25, -0.2) is 4.39 Å². The minimum absolute atomic E-state index is 0.0671. The molecule has 1 amide bonds. The van der Waals surface area contributed by atoms with E-state index in [-0.39, 0.29) is 16.5 Å². The smallest absolute Gasteiger partial charge is 0.255 e. The van der Waals surface area contributed by atoms with Crippen LogP contribution in [0.15, 0.2) is 18.2 Å². The van der Waals surface area contributed by atoms with E-state index in [0.29, 0.717) is 18.6 Å². The number of rotatable bonds is 4. The van der Waals surface area contributed by atoms with Gasteiger partial charge < -0.3 is 10.2 Å². The molecule has 1 aromatic carbocycles. The first-order valence-corrected chi connectivity index (χ1v) is 7.53. The van der Waals surface area contributed by atoms with Crippen molar-refractivity contribution in [3.8, 4) is 0 Å². The molecule has 1 aliphatic heterocycles. The van der Waals surface area contributed by atoms with Crippen LogP contribution in [0.1, 0.15) is 36.0 Å². The van der Waals surface area contributed by atoms with Gasteiger partial charge in [0.05, 0.1) is 10.6 Å². The molecule has 1 unspecified atom stereocenters. The average Bonchev–Trinajstić information content (AvgIpc) is 3.15. The van der Waals surface area contributed by atoms with Gasteiger partial charge >= 0.3 is 0 Å². The van der Waals surface area contributed by atoms with Crippen molar-refractivity contribution in [3.63, 3.8) is 0 Å². The van der Waals surface area contributed by atoms with E-state index in [2.05, 4.69) is 5.32 Å². The first kappa shape index (κ1) is 13.8. The van der Waals surface area contributed by atoms with Gasteiger partial charge in [-0.2, -0.15) is 0 Å². The molecular weight excluding hydrogens is 279 g/mol. The van der Waals surface area contributed by atoms with Gasteiger partial charge in [0.25, 0.3) is 5.91 Å². The lowest BCUT2D eigenvalue weighted by Gasteiger charge is -2.26. The Morgan fingerprint density at radius 1 is 1.40 bits per heavy atom. The van der Waals surface area contributed by atoms with E-state index in [0.717, 1.165) is 32.2 Å². The van der Waals surface area contributed by atoms with Crippen LogP contribution < -0.4 is 5.32 Å². The number of halogens is 2. The molecule has 1 heterocycles. The second-order valence-corrected chi connectivity index (χ2v) is 5.96. The van der Waals surface area contributed by atoms with Gasteiger partial charge in [0.1, 0.15) is 5.82 Å². The van der Waals surface area contributed by atoms with Crippen LogP contribution in [0, 0.1) is 5.82 Å². The Morgan fingerprint density at radius 3 is 2.85 bits per heavy atom. The number of carbonyl (C=O) groups excluding carboxylic acids is 1. The third-order valence-corrected chi connectivity index (χ3v) is 4.39. The summed E-state index contributed by atoms with van der Waals surface area (Å²) >= 11 is 5.94. The van der Waals surface area contributed by atoms with E-state index in [1.807, 2.05) is 4.90 Å². The second kappa shape index (κ2) is 5.70. The van der Waals surface area contributed by atoms with E-state index in [9.17, 15) is 9.18 Å². The normalized spacial score (nSPS) is 22.0. The van der Waals surface area contributed by atoms with Gasteiger partial charge in [0.2, 0.25) is 0 Å². The lowest BCUT2D eigenvalue weighted by atomic mass is 10.1. The summed E-state index contributed by atoms with van der Waals surface area (Å²) in [5, 5.41) is 3.33. The summed E-state index contributed by atoms with van der Waals surface area (Å²) in [5.41, 5.74) is 0.275. The summed E-state index contributed by atoms with van der Waals surface area (Å²) in [7, 11) is 0. The molecule has 1 atom stereocenters. The molecule has 0 bridgehead atoms. The Balaban J connectivity index is 1.79. The second-order valence-electron chi connectivity index (χ2n) is 5.58. The zero-order chi connectivity index (χ0) is 14.1. The molecular formula is C15H18ClFN2O. The van der Waals surface area contributed by atoms with Crippen LogP contribution in [-0.2, 0) is 0 Å². The summed E-state index contributed by atoms with van der Waals surface area (Å²) in [5.74, 6) is -0.682. The standard InChI is InChI=1S/C15H18ClFN2O/c16-14-12(4-1-5-13(14)17)15(20)19(11-6-7-11)9-10-3-2-8-18-10/h1,4-5,10-11,18H,2-3,6-9H2. The molecule has 108 valence electrons. The van der Waals surface area contributed by atoms with Crippen LogP contribution in [0.2, 0.25) is 5.02 Å². The van der Waals surface area contributed by atoms with Gasteiger partial charge in [-0.3, -0.25) is 4.79 Å². The van der Waals surface area contributed by atoms with Crippen molar-refractivity contribution in [3.05, 3.63) is 34.6 Å². The minimum atomic E-state index is -0.535. The van der Waals surface area contributed by atoms with Crippen molar-refractivity contribution >= 4 is 17.5 Å². The topological polar surface area (TPSA) is 32.3 Å². The van der Waals surface area contributed by atoms with Crippen molar-refractivity contribution in [2.75, 3.05) is 13.1 Å². The zero-order valence-electron chi connectivity index (χ0n) is 11.2. The third-order valence-electron chi connectivity index (χ3n) is 4.01. The van der Waals surface area contributed by atoms with E-state index in [1.54, 1.807) is 6.07 Å². The molecule has 3 rings (SSSR count). The Hall–Kier alpha value is -1.13. The van der Waals surface area contributed by atoms with Crippen molar-refractivity contribution in [1.29, 1.82) is 0 Å². The zero-order valence-corrected chi connectivity index (χ0v) is 12.0. The molecule has 1 N–H and O–H groups in total. The number of hydrogen-bond donors (Lipinski definition) is 1. The SMILES string of the molecule is O=C(c1cccc(F)c1Cl)N(CC1CCCN1)C1CC1. The fraction of sp³-hybridized carbons (Fsp3) is 0.533. The van der Waals surface area contributed by atoms with Crippen LogP contribution in [0.25, 0.3) is 0 Å². The maximum Gasteiger partial charge on any atom is 0.255 e. The van der Waals surface area contributed by atoms with Crippen molar-refractivity contribution in [1.82, 2.24) is 10.2 Å². The quantitative estimate of drug-likeness (QED) is 0.926. The molecule has 2 aliphatic rings. The summed E-state index contributed by atoms with van der Waals surface area (Å²) in [6, 6.07) is 5.06. The van der Waals surface area contributed by atoms with Crippen molar-refractivity contribution in [2.24, 2.45) is 0 Å². The minimum Gasteiger partial charge on any atom is -0.334 e. The monoisotopic (exact) mass is 296 g/mol. The number of hydrogen-bond acceptors (Lipinski definition) is 2. The highest BCUT2D eigenvalue weighted by molar-refractivity contribution is 6.34. The lowest BCUT2D eigenvalue weighted by Crippen LogP contribution is -2.42. The summed E-state index contributed by atoms with van der Waals surface area (Å²) in [6.07, 6.45) is 4.31. The molecule has 1 saturated heterocycles. The molecule has 20 heavy (non-hydrogen) atoms. The van der Waals surface area contributed by atoms with Crippen LogP contribution in [0.4, 0.5) is 4.39 Å². The van der Waals surface area contributed by atoms with Gasteiger partial charge in [-0.1, -0.05) is 17.7 Å².